The van der Waals surface area contributed by atoms with Gasteiger partial charge < -0.3 is 15.0 Å². The van der Waals surface area contributed by atoms with Crippen LogP contribution in [0, 0.1) is 11.7 Å². The molecule has 1 atom stereocenters. The monoisotopic (exact) mass is 533 g/mol. The van der Waals surface area contributed by atoms with Crippen molar-refractivity contribution in [3.05, 3.63) is 52.3 Å². The van der Waals surface area contributed by atoms with Gasteiger partial charge in [0.2, 0.25) is 0 Å². The van der Waals surface area contributed by atoms with Crippen LogP contribution >= 0.6 is 23.2 Å². The number of aromatic nitrogens is 2. The van der Waals surface area contributed by atoms with Gasteiger partial charge in [0.25, 0.3) is 5.91 Å². The van der Waals surface area contributed by atoms with Crippen molar-refractivity contribution >= 4 is 46.1 Å². The van der Waals surface area contributed by atoms with E-state index in [2.05, 4.69) is 4.98 Å². The molecule has 1 aliphatic rings. The molecule has 1 unspecified atom stereocenters. The van der Waals surface area contributed by atoms with Gasteiger partial charge in [-0.3, -0.25) is 4.79 Å². The minimum atomic E-state index is -1.33. The maximum absolute atomic E-state index is 14.4. The van der Waals surface area contributed by atoms with E-state index in [0.717, 1.165) is 19.3 Å². The van der Waals surface area contributed by atoms with Crippen LogP contribution in [0.15, 0.2) is 36.4 Å². The Bertz CT molecular complexity index is 1270. The van der Waals surface area contributed by atoms with Crippen LogP contribution in [0.5, 0.6) is 0 Å². The van der Waals surface area contributed by atoms with E-state index in [1.165, 1.54) is 12.1 Å². The van der Waals surface area contributed by atoms with Crippen molar-refractivity contribution in [2.45, 2.75) is 70.4 Å². The minimum Gasteiger partial charge on any atom is -0.447 e. The van der Waals surface area contributed by atoms with Gasteiger partial charge in [-0.2, -0.15) is 0 Å². The van der Waals surface area contributed by atoms with Crippen molar-refractivity contribution < 1.29 is 18.7 Å². The first kappa shape index (κ1) is 26.4. The van der Waals surface area contributed by atoms with Crippen LogP contribution in [-0.4, -0.2) is 27.0 Å². The van der Waals surface area contributed by atoms with Gasteiger partial charge in [-0.25, -0.2) is 14.2 Å². The molecule has 1 fully saturated rings. The summed E-state index contributed by atoms with van der Waals surface area (Å²) in [5.74, 6) is -1.49. The van der Waals surface area contributed by atoms with E-state index < -0.39 is 29.3 Å². The number of nitrogens with two attached hydrogens (primary N) is 1. The molecular formula is C27H30Cl2FN3O3. The van der Waals surface area contributed by atoms with Crippen LogP contribution < -0.4 is 5.73 Å². The second kappa shape index (κ2) is 10.8. The van der Waals surface area contributed by atoms with Gasteiger partial charge in [-0.1, -0.05) is 56.3 Å². The molecule has 0 aliphatic heterocycles. The van der Waals surface area contributed by atoms with Gasteiger partial charge in [0.05, 0.1) is 16.1 Å². The molecule has 0 bridgehead atoms. The summed E-state index contributed by atoms with van der Waals surface area (Å²) in [5.41, 5.74) is 5.98. The van der Waals surface area contributed by atoms with E-state index >= 15 is 0 Å². The molecule has 9 heteroatoms. The Morgan fingerprint density at radius 1 is 1.11 bits per heavy atom. The van der Waals surface area contributed by atoms with E-state index in [4.69, 9.17) is 33.7 Å². The number of carbonyl (C=O) groups excluding carboxylic acids is 2. The number of esters is 1. The van der Waals surface area contributed by atoms with Crippen LogP contribution in [0.4, 0.5) is 4.39 Å². The molecule has 1 aromatic heterocycles. The van der Waals surface area contributed by atoms with Crippen molar-refractivity contribution in [2.24, 2.45) is 11.7 Å². The molecule has 0 saturated heterocycles. The fourth-order valence-electron chi connectivity index (χ4n) is 5.19. The molecule has 6 nitrogen and oxygen atoms in total. The number of carbonyl (C=O) groups is 2. The van der Waals surface area contributed by atoms with Crippen LogP contribution in [0.3, 0.4) is 0 Å². The van der Waals surface area contributed by atoms with E-state index in [-0.39, 0.29) is 10.9 Å². The van der Waals surface area contributed by atoms with Crippen LogP contribution in [0.25, 0.3) is 22.4 Å². The van der Waals surface area contributed by atoms with E-state index in [0.29, 0.717) is 53.1 Å². The molecule has 1 heterocycles. The lowest BCUT2D eigenvalue weighted by atomic mass is 9.83. The van der Waals surface area contributed by atoms with Crippen molar-refractivity contribution in [2.75, 3.05) is 0 Å². The van der Waals surface area contributed by atoms with Crippen molar-refractivity contribution in [1.29, 1.82) is 0 Å². The maximum atomic E-state index is 14.4. The molecule has 0 radical (unpaired) electrons. The molecule has 1 amide bonds. The topological polar surface area (TPSA) is 87.2 Å². The quantitative estimate of drug-likeness (QED) is 0.320. The molecule has 4 rings (SSSR count). The smallest absolute Gasteiger partial charge is 0.330 e. The molecule has 2 aromatic carbocycles. The highest BCUT2D eigenvalue weighted by molar-refractivity contribution is 6.31. The average molecular weight is 534 g/mol. The summed E-state index contributed by atoms with van der Waals surface area (Å²) in [6.07, 6.45) is 4.59. The highest BCUT2D eigenvalue weighted by atomic mass is 35.5. The van der Waals surface area contributed by atoms with E-state index in [1.54, 1.807) is 28.8 Å². The van der Waals surface area contributed by atoms with Crippen LogP contribution in [0.1, 0.15) is 64.8 Å². The van der Waals surface area contributed by atoms with Crippen LogP contribution in [-0.2, 0) is 14.3 Å². The number of rotatable bonds is 8. The Kier molecular flexibility index (Phi) is 7.90. The number of hydrogen-bond acceptors (Lipinski definition) is 4. The summed E-state index contributed by atoms with van der Waals surface area (Å²) in [4.78, 5) is 31.2. The normalized spacial score (nSPS) is 16.3. The Labute approximate surface area is 219 Å². The van der Waals surface area contributed by atoms with Gasteiger partial charge in [-0.15, -0.1) is 0 Å². The van der Waals surface area contributed by atoms with Gasteiger partial charge in [0.1, 0.15) is 17.7 Å². The highest BCUT2D eigenvalue weighted by Gasteiger charge is 2.45. The molecule has 1 saturated carbocycles. The Morgan fingerprint density at radius 2 is 1.75 bits per heavy atom. The Morgan fingerprint density at radius 3 is 2.33 bits per heavy atom. The van der Waals surface area contributed by atoms with Crippen molar-refractivity contribution in [3.63, 3.8) is 0 Å². The molecule has 1 aliphatic carbocycles. The zero-order chi connectivity index (χ0) is 26.0. The second-order valence-electron chi connectivity index (χ2n) is 9.43. The van der Waals surface area contributed by atoms with Gasteiger partial charge in [0, 0.05) is 16.7 Å². The number of fused-ring (bicyclic) bond motifs is 1. The maximum Gasteiger partial charge on any atom is 0.330 e. The summed E-state index contributed by atoms with van der Waals surface area (Å²) in [5, 5.41) is 0.469. The first-order valence-electron chi connectivity index (χ1n) is 12.4. The van der Waals surface area contributed by atoms with Crippen molar-refractivity contribution in [1.82, 2.24) is 9.55 Å². The largest absolute Gasteiger partial charge is 0.447 e. The molecule has 3 aromatic rings. The number of amides is 1. The van der Waals surface area contributed by atoms with Gasteiger partial charge in [-0.05, 0) is 61.9 Å². The number of hydrogen-bond donors (Lipinski definition) is 1. The van der Waals surface area contributed by atoms with Gasteiger partial charge >= 0.3 is 5.97 Å². The third kappa shape index (κ3) is 4.96. The Balaban J connectivity index is 1.92. The molecule has 36 heavy (non-hydrogen) atoms. The van der Waals surface area contributed by atoms with E-state index in [9.17, 15) is 14.0 Å². The summed E-state index contributed by atoms with van der Waals surface area (Å²) >= 11 is 12.3. The average Bonchev–Trinajstić information content (AvgIpc) is 3.20. The number of ether oxygens (including phenoxy) is 1. The number of nitrogens with zero attached hydrogens (tertiary/aromatic N) is 2. The minimum absolute atomic E-state index is 0.0798. The predicted molar refractivity (Wildman–Crippen MR) is 139 cm³/mol. The van der Waals surface area contributed by atoms with Crippen LogP contribution in [0.2, 0.25) is 10.0 Å². The third-order valence-electron chi connectivity index (χ3n) is 7.26. The fourth-order valence-corrected chi connectivity index (χ4v) is 5.48. The highest BCUT2D eigenvalue weighted by Crippen LogP contribution is 2.39. The molecule has 192 valence electrons. The van der Waals surface area contributed by atoms with Crippen molar-refractivity contribution in [3.8, 4) is 11.4 Å². The van der Waals surface area contributed by atoms with Gasteiger partial charge in [0.15, 0.2) is 5.60 Å². The standard InChI is InChI=1S/C27H30Cl2FN3O3/c1-3-16(4-2)23(25(34)36-27(26(31)35)12-6-5-7-13-27)33-22-14-19(29)20(30)15-21(22)32-24(33)17-8-10-18(28)11-9-17/h8-11,14-16,23H,3-7,12-13H2,1-2H3,(H2,31,35). The number of halogens is 3. The fraction of sp³-hybridized carbons (Fsp3) is 0.444. The molecule has 2 N–H and O–H groups in total. The summed E-state index contributed by atoms with van der Waals surface area (Å²) in [6, 6.07) is 8.93. The third-order valence-corrected chi connectivity index (χ3v) is 7.80. The first-order chi connectivity index (χ1) is 17.2. The Hall–Kier alpha value is -2.64. The zero-order valence-electron chi connectivity index (χ0n) is 20.4. The zero-order valence-corrected chi connectivity index (χ0v) is 21.9. The SMILES string of the molecule is CCC(CC)C(C(=O)OC1(C(N)=O)CCCCC1)n1c(-c2ccc(Cl)cc2)nc2cc(F)c(Cl)cc21. The molecule has 0 spiro atoms. The second-order valence-corrected chi connectivity index (χ2v) is 10.3. The number of imidazole rings is 1. The summed E-state index contributed by atoms with van der Waals surface area (Å²) in [6.45, 7) is 3.99. The van der Waals surface area contributed by atoms with E-state index in [1.807, 2.05) is 13.8 Å². The predicted octanol–water partition coefficient (Wildman–Crippen LogP) is 6.86. The first-order valence-corrected chi connectivity index (χ1v) is 13.1. The lowest BCUT2D eigenvalue weighted by Gasteiger charge is -2.36. The lowest BCUT2D eigenvalue weighted by Crippen LogP contribution is -2.50. The lowest BCUT2D eigenvalue weighted by molar-refractivity contribution is -0.175. The summed E-state index contributed by atoms with van der Waals surface area (Å²) in [7, 11) is 0. The molecular weight excluding hydrogens is 504 g/mol. The number of primary amides is 1. The number of benzene rings is 2. The summed E-state index contributed by atoms with van der Waals surface area (Å²) < 4.78 is 22.2.